The molecule has 0 spiro atoms. The van der Waals surface area contributed by atoms with E-state index in [0.29, 0.717) is 0 Å². The number of aryl methyl sites for hydroxylation is 1. The molecule has 0 amide bonds. The molecule has 1 heterocycles. The average molecular weight is 134 g/mol. The van der Waals surface area contributed by atoms with Crippen molar-refractivity contribution >= 4 is 23.1 Å². The minimum atomic E-state index is 0.792. The normalized spacial score (nSPS) is 9.43. The molecule has 0 aliphatic rings. The summed E-state index contributed by atoms with van der Waals surface area (Å²) in [4.78, 5) is 0. The van der Waals surface area contributed by atoms with Crippen molar-refractivity contribution in [2.24, 2.45) is 0 Å². The van der Waals surface area contributed by atoms with Crippen LogP contribution in [0.1, 0.15) is 5.56 Å². The Labute approximate surface area is 51.1 Å². The number of hydrogen-bond donors (Lipinski definition) is 0. The summed E-state index contributed by atoms with van der Waals surface area (Å²) in [7, 11) is 0. The topological polar surface area (TPSA) is 12.9 Å². The monoisotopic (exact) mass is 133 g/mol. The lowest BCUT2D eigenvalue weighted by Crippen LogP contribution is -1.55. The molecule has 1 nitrogen and oxygen atoms in total. The molecule has 0 bridgehead atoms. The van der Waals surface area contributed by atoms with Crippen LogP contribution in [0, 0.1) is 6.92 Å². The molecule has 38 valence electrons. The molecule has 0 saturated heterocycles. The molecule has 0 aliphatic heterocycles. The van der Waals surface area contributed by atoms with E-state index in [0.717, 1.165) is 9.90 Å². The van der Waals surface area contributed by atoms with Crippen molar-refractivity contribution in [2.45, 2.75) is 6.92 Å². The molecular weight excluding hydrogens is 130 g/mol. The van der Waals surface area contributed by atoms with Gasteiger partial charge in [0.25, 0.3) is 0 Å². The smallest absolute Gasteiger partial charge is 0.116 e. The van der Waals surface area contributed by atoms with Gasteiger partial charge in [0.05, 0.1) is 0 Å². The highest BCUT2D eigenvalue weighted by Crippen LogP contribution is 2.17. The molecule has 1 aromatic heterocycles. The molecule has 0 saturated carbocycles. The predicted octanol–water partition coefficient (Wildman–Crippen LogP) is 2.10. The summed E-state index contributed by atoms with van der Waals surface area (Å²) in [5.74, 6) is 0. The Morgan fingerprint density at radius 3 is 2.71 bits per heavy atom. The highest BCUT2D eigenvalue weighted by Gasteiger charge is 1.91. The van der Waals surface area contributed by atoms with E-state index in [9.17, 15) is 0 Å². The maximum absolute atomic E-state index is 5.58. The van der Waals surface area contributed by atoms with Gasteiger partial charge < -0.3 is 0 Å². The van der Waals surface area contributed by atoms with Crippen LogP contribution in [0.4, 0.5) is 0 Å². The average Bonchev–Trinajstić information content (AvgIpc) is 1.91. The number of halogens is 1. The van der Waals surface area contributed by atoms with Crippen molar-refractivity contribution < 1.29 is 0 Å². The fraction of sp³-hybridized carbons (Fsp3) is 0.250. The summed E-state index contributed by atoms with van der Waals surface area (Å²) in [6.45, 7) is 1.94. The van der Waals surface area contributed by atoms with Crippen molar-refractivity contribution in [1.29, 1.82) is 0 Å². The van der Waals surface area contributed by atoms with Gasteiger partial charge in [0.15, 0.2) is 0 Å². The molecule has 0 aromatic carbocycles. The number of rotatable bonds is 0. The number of aromatic nitrogens is 1. The van der Waals surface area contributed by atoms with Gasteiger partial charge in [0, 0.05) is 6.20 Å². The van der Waals surface area contributed by atoms with Gasteiger partial charge in [0.2, 0.25) is 0 Å². The second-order valence-electron chi connectivity index (χ2n) is 1.28. The lowest BCUT2D eigenvalue weighted by molar-refractivity contribution is 1.46. The van der Waals surface area contributed by atoms with Gasteiger partial charge >= 0.3 is 0 Å². The van der Waals surface area contributed by atoms with Crippen LogP contribution in [-0.2, 0) is 0 Å². The molecule has 0 unspecified atom stereocenters. The van der Waals surface area contributed by atoms with Crippen LogP contribution >= 0.6 is 23.1 Å². The van der Waals surface area contributed by atoms with Crippen LogP contribution in [0.5, 0.6) is 0 Å². The Balaban J connectivity index is 3.12. The van der Waals surface area contributed by atoms with E-state index in [1.165, 1.54) is 11.5 Å². The van der Waals surface area contributed by atoms with Gasteiger partial charge in [-0.25, -0.2) is 0 Å². The highest BCUT2D eigenvalue weighted by atomic mass is 35.5. The minimum absolute atomic E-state index is 0.792. The Morgan fingerprint density at radius 2 is 2.57 bits per heavy atom. The molecule has 0 atom stereocenters. The van der Waals surface area contributed by atoms with Gasteiger partial charge in [-0.05, 0) is 24.0 Å². The quantitative estimate of drug-likeness (QED) is 0.528. The molecule has 0 radical (unpaired) electrons. The van der Waals surface area contributed by atoms with E-state index in [1.807, 2.05) is 6.92 Å². The molecule has 3 heteroatoms. The van der Waals surface area contributed by atoms with Gasteiger partial charge in [-0.1, -0.05) is 11.6 Å². The zero-order chi connectivity index (χ0) is 5.28. The largest absolute Gasteiger partial charge is 0.199 e. The first-order valence-electron chi connectivity index (χ1n) is 1.87. The summed E-state index contributed by atoms with van der Waals surface area (Å²) >= 11 is 6.90. The van der Waals surface area contributed by atoms with Crippen LogP contribution in [0.2, 0.25) is 4.34 Å². The summed E-state index contributed by atoms with van der Waals surface area (Å²) < 4.78 is 4.62. The van der Waals surface area contributed by atoms with E-state index >= 15 is 0 Å². The van der Waals surface area contributed by atoms with Crippen LogP contribution in [-0.4, -0.2) is 4.37 Å². The number of nitrogens with zero attached hydrogens (tertiary/aromatic N) is 1. The maximum atomic E-state index is 5.58. The first kappa shape index (κ1) is 5.06. The van der Waals surface area contributed by atoms with Crippen LogP contribution in [0.3, 0.4) is 0 Å². The standard InChI is InChI=1S/C4H4ClNS/c1-3-2-6-7-4(3)5/h2H,1H3. The first-order chi connectivity index (χ1) is 3.30. The molecule has 1 aromatic rings. The zero-order valence-electron chi connectivity index (χ0n) is 3.81. The van der Waals surface area contributed by atoms with Crippen LogP contribution in [0.25, 0.3) is 0 Å². The van der Waals surface area contributed by atoms with Crippen molar-refractivity contribution in [3.63, 3.8) is 0 Å². The SMILES string of the molecule is Cc1cnsc1Cl. The molecule has 0 fully saturated rings. The van der Waals surface area contributed by atoms with E-state index in [2.05, 4.69) is 4.37 Å². The van der Waals surface area contributed by atoms with Crippen LogP contribution < -0.4 is 0 Å². The second-order valence-corrected chi connectivity index (χ2v) is 2.69. The van der Waals surface area contributed by atoms with Crippen molar-refractivity contribution in [3.05, 3.63) is 16.1 Å². The van der Waals surface area contributed by atoms with Gasteiger partial charge in [0.1, 0.15) is 4.34 Å². The highest BCUT2D eigenvalue weighted by molar-refractivity contribution is 7.10. The third kappa shape index (κ3) is 0.924. The van der Waals surface area contributed by atoms with Gasteiger partial charge in [-0.3, -0.25) is 0 Å². The lowest BCUT2D eigenvalue weighted by atomic mass is 10.4. The lowest BCUT2D eigenvalue weighted by Gasteiger charge is -1.74. The molecule has 0 aliphatic carbocycles. The molecule has 1 rings (SSSR count). The first-order valence-corrected chi connectivity index (χ1v) is 3.02. The maximum Gasteiger partial charge on any atom is 0.116 e. The van der Waals surface area contributed by atoms with Crippen LogP contribution in [0.15, 0.2) is 6.20 Å². The Kier molecular flexibility index (Phi) is 1.30. The predicted molar refractivity (Wildman–Crippen MR) is 31.9 cm³/mol. The van der Waals surface area contributed by atoms with E-state index in [-0.39, 0.29) is 0 Å². The number of hydrogen-bond acceptors (Lipinski definition) is 2. The summed E-state index contributed by atoms with van der Waals surface area (Å²) in [5, 5.41) is 0. The zero-order valence-corrected chi connectivity index (χ0v) is 5.38. The van der Waals surface area contributed by atoms with E-state index in [4.69, 9.17) is 11.6 Å². The molecule has 7 heavy (non-hydrogen) atoms. The Bertz CT molecular complexity index is 144. The van der Waals surface area contributed by atoms with Crippen molar-refractivity contribution in [1.82, 2.24) is 4.37 Å². The molecular formula is C4H4ClNS. The van der Waals surface area contributed by atoms with Crippen molar-refractivity contribution in [2.75, 3.05) is 0 Å². The van der Waals surface area contributed by atoms with Crippen molar-refractivity contribution in [3.8, 4) is 0 Å². The second kappa shape index (κ2) is 1.80. The fourth-order valence-electron chi connectivity index (χ4n) is 0.274. The Morgan fingerprint density at radius 1 is 1.86 bits per heavy atom. The van der Waals surface area contributed by atoms with E-state index < -0.39 is 0 Å². The fourth-order valence-corrected chi connectivity index (χ4v) is 0.943. The Hall–Kier alpha value is -0.0800. The summed E-state index contributed by atoms with van der Waals surface area (Å²) in [6.07, 6.45) is 1.76. The van der Waals surface area contributed by atoms with Gasteiger partial charge in [-0.2, -0.15) is 4.37 Å². The summed E-state index contributed by atoms with van der Waals surface area (Å²) in [5.41, 5.74) is 1.06. The minimum Gasteiger partial charge on any atom is -0.199 e. The third-order valence-electron chi connectivity index (χ3n) is 0.689. The van der Waals surface area contributed by atoms with Gasteiger partial charge in [-0.15, -0.1) is 0 Å². The third-order valence-corrected chi connectivity index (χ3v) is 1.89. The summed E-state index contributed by atoms with van der Waals surface area (Å²) in [6, 6.07) is 0. The van der Waals surface area contributed by atoms with E-state index in [1.54, 1.807) is 6.20 Å². The molecule has 0 N–H and O–H groups in total.